The van der Waals surface area contributed by atoms with Crippen molar-refractivity contribution in [3.8, 4) is 0 Å². The van der Waals surface area contributed by atoms with E-state index in [0.717, 1.165) is 11.3 Å². The van der Waals surface area contributed by atoms with Crippen LogP contribution in [-0.4, -0.2) is 17.0 Å². The second-order valence-electron chi connectivity index (χ2n) is 5.27. The van der Waals surface area contributed by atoms with Crippen molar-refractivity contribution in [1.29, 1.82) is 0 Å². The van der Waals surface area contributed by atoms with E-state index in [4.69, 9.17) is 5.11 Å². The molecule has 0 saturated carbocycles. The molecule has 0 radical (unpaired) electrons. The van der Waals surface area contributed by atoms with Crippen LogP contribution in [0.2, 0.25) is 0 Å². The molecular weight excluding hydrogens is 242 g/mol. The predicted octanol–water partition coefficient (Wildman–Crippen LogP) is 3.25. The van der Waals surface area contributed by atoms with E-state index in [2.05, 4.69) is 5.32 Å². The van der Waals surface area contributed by atoms with Gasteiger partial charge in [0, 0.05) is 12.1 Å². The highest BCUT2D eigenvalue weighted by Crippen LogP contribution is 2.21. The second kappa shape index (κ2) is 6.92. The van der Waals surface area contributed by atoms with E-state index in [1.165, 1.54) is 0 Å². The van der Waals surface area contributed by atoms with Crippen molar-refractivity contribution in [3.05, 3.63) is 29.8 Å². The molecule has 1 aromatic carbocycles. The van der Waals surface area contributed by atoms with E-state index in [1.807, 2.05) is 45.0 Å². The number of rotatable bonds is 6. The zero-order chi connectivity index (χ0) is 14.4. The lowest BCUT2D eigenvalue weighted by atomic mass is 9.98. The average molecular weight is 263 g/mol. The van der Waals surface area contributed by atoms with Crippen LogP contribution in [0.5, 0.6) is 0 Å². The molecular formula is C15H21NO3. The zero-order valence-electron chi connectivity index (χ0n) is 11.6. The lowest BCUT2D eigenvalue weighted by molar-refractivity contribution is -0.137. The third-order valence-corrected chi connectivity index (χ3v) is 2.84. The molecule has 0 aliphatic rings. The maximum atomic E-state index is 11.6. The van der Waals surface area contributed by atoms with Crippen LogP contribution in [0, 0.1) is 5.92 Å². The van der Waals surface area contributed by atoms with Gasteiger partial charge in [-0.3, -0.25) is 9.59 Å². The summed E-state index contributed by atoms with van der Waals surface area (Å²) in [5.74, 6) is -0.504. The lowest BCUT2D eigenvalue weighted by Crippen LogP contribution is -2.13. The highest BCUT2D eigenvalue weighted by molar-refractivity contribution is 5.90. The van der Waals surface area contributed by atoms with Gasteiger partial charge in [-0.25, -0.2) is 0 Å². The Bertz CT molecular complexity index is 437. The minimum atomic E-state index is -0.804. The van der Waals surface area contributed by atoms with Crippen LogP contribution in [0.15, 0.2) is 24.3 Å². The summed E-state index contributed by atoms with van der Waals surface area (Å²) < 4.78 is 0. The molecule has 1 aromatic rings. The summed E-state index contributed by atoms with van der Waals surface area (Å²) in [6.07, 6.45) is 0.607. The van der Waals surface area contributed by atoms with Crippen molar-refractivity contribution in [2.75, 3.05) is 5.32 Å². The third kappa shape index (κ3) is 5.55. The fraction of sp³-hybridized carbons (Fsp3) is 0.467. The van der Waals surface area contributed by atoms with Crippen LogP contribution in [0.1, 0.15) is 45.1 Å². The molecule has 4 nitrogen and oxygen atoms in total. The first-order chi connectivity index (χ1) is 8.88. The molecule has 0 aromatic heterocycles. The predicted molar refractivity (Wildman–Crippen MR) is 75.2 cm³/mol. The molecule has 104 valence electrons. The number of carboxylic acid groups (broad SMARTS) is 1. The van der Waals surface area contributed by atoms with Gasteiger partial charge in [-0.2, -0.15) is 0 Å². The zero-order valence-corrected chi connectivity index (χ0v) is 11.6. The first-order valence-electron chi connectivity index (χ1n) is 6.50. The summed E-state index contributed by atoms with van der Waals surface area (Å²) in [5.41, 5.74) is 1.71. The molecule has 1 amide bonds. The van der Waals surface area contributed by atoms with Crippen LogP contribution < -0.4 is 5.32 Å². The normalized spacial score (nSPS) is 12.2. The molecule has 19 heavy (non-hydrogen) atoms. The Kier molecular flexibility index (Phi) is 5.55. The summed E-state index contributed by atoms with van der Waals surface area (Å²) in [4.78, 5) is 22.2. The van der Waals surface area contributed by atoms with Gasteiger partial charge in [-0.05, 0) is 29.5 Å². The van der Waals surface area contributed by atoms with Gasteiger partial charge < -0.3 is 10.4 Å². The van der Waals surface area contributed by atoms with Gasteiger partial charge in [0.15, 0.2) is 0 Å². The summed E-state index contributed by atoms with van der Waals surface area (Å²) in [5, 5.41) is 11.6. The van der Waals surface area contributed by atoms with Gasteiger partial charge in [-0.15, -0.1) is 0 Å². The Morgan fingerprint density at radius 3 is 2.16 bits per heavy atom. The topological polar surface area (TPSA) is 66.4 Å². The first-order valence-corrected chi connectivity index (χ1v) is 6.50. The molecule has 0 fully saturated rings. The van der Waals surface area contributed by atoms with Crippen LogP contribution >= 0.6 is 0 Å². The SMILES string of the molecule is CC(C)CC(=O)Nc1ccc(C(C)CC(=O)O)cc1. The van der Waals surface area contributed by atoms with Crippen molar-refractivity contribution in [3.63, 3.8) is 0 Å². The number of amides is 1. The fourth-order valence-corrected chi connectivity index (χ4v) is 1.86. The first kappa shape index (κ1) is 15.2. The lowest BCUT2D eigenvalue weighted by Gasteiger charge is -2.11. The molecule has 0 spiro atoms. The van der Waals surface area contributed by atoms with Gasteiger partial charge in [-0.1, -0.05) is 32.9 Å². The number of carbonyl (C=O) groups is 2. The Morgan fingerprint density at radius 1 is 1.11 bits per heavy atom. The number of nitrogens with one attached hydrogen (secondary N) is 1. The fourth-order valence-electron chi connectivity index (χ4n) is 1.86. The number of carbonyl (C=O) groups excluding carboxylic acids is 1. The number of hydrogen-bond donors (Lipinski definition) is 2. The summed E-state index contributed by atoms with van der Waals surface area (Å²) in [6, 6.07) is 7.34. The molecule has 1 unspecified atom stereocenters. The van der Waals surface area contributed by atoms with Gasteiger partial charge >= 0.3 is 5.97 Å². The quantitative estimate of drug-likeness (QED) is 0.828. The van der Waals surface area contributed by atoms with Gasteiger partial charge in [0.25, 0.3) is 0 Å². The van der Waals surface area contributed by atoms with Crippen LogP contribution in [0.25, 0.3) is 0 Å². The Labute approximate surface area is 113 Å². The average Bonchev–Trinajstić information content (AvgIpc) is 2.27. The standard InChI is InChI=1S/C15H21NO3/c1-10(2)8-14(17)16-13-6-4-12(5-7-13)11(3)9-15(18)19/h4-7,10-11H,8-9H2,1-3H3,(H,16,17)(H,18,19). The summed E-state index contributed by atoms with van der Waals surface area (Å²) in [7, 11) is 0. The molecule has 0 aliphatic carbocycles. The van der Waals surface area contributed by atoms with Crippen molar-refractivity contribution in [1.82, 2.24) is 0 Å². The van der Waals surface area contributed by atoms with Crippen LogP contribution in [0.4, 0.5) is 5.69 Å². The van der Waals surface area contributed by atoms with E-state index in [9.17, 15) is 9.59 Å². The van der Waals surface area contributed by atoms with E-state index in [0.29, 0.717) is 12.3 Å². The minimum Gasteiger partial charge on any atom is -0.481 e. The van der Waals surface area contributed by atoms with Crippen molar-refractivity contribution >= 4 is 17.6 Å². The Hall–Kier alpha value is -1.84. The van der Waals surface area contributed by atoms with E-state index < -0.39 is 5.97 Å². The number of anilines is 1. The molecule has 2 N–H and O–H groups in total. The minimum absolute atomic E-state index is 0.00124. The molecule has 0 heterocycles. The number of hydrogen-bond acceptors (Lipinski definition) is 2. The van der Waals surface area contributed by atoms with Crippen molar-refractivity contribution < 1.29 is 14.7 Å². The number of aliphatic carboxylic acids is 1. The van der Waals surface area contributed by atoms with Crippen molar-refractivity contribution in [2.24, 2.45) is 5.92 Å². The smallest absolute Gasteiger partial charge is 0.303 e. The van der Waals surface area contributed by atoms with E-state index >= 15 is 0 Å². The largest absolute Gasteiger partial charge is 0.481 e. The van der Waals surface area contributed by atoms with Gasteiger partial charge in [0.2, 0.25) is 5.91 Å². The number of benzene rings is 1. The third-order valence-electron chi connectivity index (χ3n) is 2.84. The Balaban J connectivity index is 2.61. The summed E-state index contributed by atoms with van der Waals surface area (Å²) >= 11 is 0. The maximum absolute atomic E-state index is 11.6. The van der Waals surface area contributed by atoms with Crippen molar-refractivity contribution in [2.45, 2.75) is 39.5 Å². The number of carboxylic acids is 1. The molecule has 0 bridgehead atoms. The molecule has 4 heteroatoms. The van der Waals surface area contributed by atoms with Gasteiger partial charge in [0.1, 0.15) is 0 Å². The molecule has 1 atom stereocenters. The molecule has 1 rings (SSSR count). The van der Waals surface area contributed by atoms with Crippen LogP contribution in [0.3, 0.4) is 0 Å². The van der Waals surface area contributed by atoms with E-state index in [1.54, 1.807) is 0 Å². The molecule has 0 saturated heterocycles. The van der Waals surface area contributed by atoms with Crippen LogP contribution in [-0.2, 0) is 9.59 Å². The van der Waals surface area contributed by atoms with E-state index in [-0.39, 0.29) is 18.2 Å². The highest BCUT2D eigenvalue weighted by Gasteiger charge is 2.10. The monoisotopic (exact) mass is 263 g/mol. The summed E-state index contributed by atoms with van der Waals surface area (Å²) in [6.45, 7) is 5.87. The Morgan fingerprint density at radius 2 is 1.68 bits per heavy atom. The second-order valence-corrected chi connectivity index (χ2v) is 5.27. The highest BCUT2D eigenvalue weighted by atomic mass is 16.4. The molecule has 0 aliphatic heterocycles. The van der Waals surface area contributed by atoms with Gasteiger partial charge in [0.05, 0.1) is 6.42 Å². The maximum Gasteiger partial charge on any atom is 0.303 e.